The predicted octanol–water partition coefficient (Wildman–Crippen LogP) is 4.40. The molecular formula is C23H24ClN3O3. The van der Waals surface area contributed by atoms with Crippen LogP contribution in [0, 0.1) is 0 Å². The second-order valence-electron chi connectivity index (χ2n) is 7.20. The second-order valence-corrected chi connectivity index (χ2v) is 7.61. The molecule has 0 aliphatic heterocycles. The Morgan fingerprint density at radius 3 is 2.50 bits per heavy atom. The monoisotopic (exact) mass is 425 g/mol. The van der Waals surface area contributed by atoms with Crippen LogP contribution in [0.2, 0.25) is 5.02 Å². The number of halogens is 1. The SMILES string of the molecule is CC(C)OC(=O)C[C@@H](NC(=O)c1cnn(Cc2ccccc2)c1)c1ccccc1Cl. The van der Waals surface area contributed by atoms with Crippen LogP contribution >= 0.6 is 11.6 Å². The second kappa shape index (κ2) is 10.1. The van der Waals surface area contributed by atoms with Crippen molar-refractivity contribution in [3.63, 3.8) is 0 Å². The Morgan fingerprint density at radius 2 is 1.80 bits per heavy atom. The number of carbonyl (C=O) groups is 2. The predicted molar refractivity (Wildman–Crippen MR) is 115 cm³/mol. The van der Waals surface area contributed by atoms with Crippen LogP contribution in [0.4, 0.5) is 0 Å². The number of rotatable bonds is 8. The fraction of sp³-hybridized carbons (Fsp3) is 0.261. The number of esters is 1. The van der Waals surface area contributed by atoms with Crippen molar-refractivity contribution in [2.24, 2.45) is 0 Å². The van der Waals surface area contributed by atoms with E-state index in [-0.39, 0.29) is 18.4 Å². The first-order chi connectivity index (χ1) is 14.4. The van der Waals surface area contributed by atoms with Gasteiger partial charge in [-0.15, -0.1) is 0 Å². The summed E-state index contributed by atoms with van der Waals surface area (Å²) in [4.78, 5) is 25.1. The largest absolute Gasteiger partial charge is 0.463 e. The van der Waals surface area contributed by atoms with Crippen LogP contribution < -0.4 is 5.32 Å². The minimum atomic E-state index is -0.616. The summed E-state index contributed by atoms with van der Waals surface area (Å²) in [6.07, 6.45) is 2.93. The van der Waals surface area contributed by atoms with Crippen molar-refractivity contribution in [1.29, 1.82) is 0 Å². The Labute approximate surface area is 180 Å². The molecule has 3 aromatic rings. The number of amides is 1. The van der Waals surface area contributed by atoms with Gasteiger partial charge in [0, 0.05) is 11.2 Å². The lowest BCUT2D eigenvalue weighted by Crippen LogP contribution is -2.31. The Balaban J connectivity index is 1.74. The maximum Gasteiger partial charge on any atom is 0.308 e. The summed E-state index contributed by atoms with van der Waals surface area (Å²) in [6.45, 7) is 4.12. The molecule has 7 heteroatoms. The lowest BCUT2D eigenvalue weighted by molar-refractivity contribution is -0.147. The third kappa shape index (κ3) is 5.94. The van der Waals surface area contributed by atoms with Gasteiger partial charge in [0.25, 0.3) is 5.91 Å². The first-order valence-electron chi connectivity index (χ1n) is 9.73. The van der Waals surface area contributed by atoms with Crippen LogP contribution in [0.1, 0.15) is 47.8 Å². The number of hydrogen-bond donors (Lipinski definition) is 1. The highest BCUT2D eigenvalue weighted by Gasteiger charge is 2.23. The maximum absolute atomic E-state index is 12.8. The van der Waals surface area contributed by atoms with Gasteiger partial charge in [-0.3, -0.25) is 14.3 Å². The standard InChI is InChI=1S/C23H24ClN3O3/c1-16(2)30-22(28)12-21(19-10-6-7-11-20(19)24)26-23(29)18-13-25-27(15-18)14-17-8-4-3-5-9-17/h3-11,13,15-16,21H,12,14H2,1-2H3,(H,26,29)/t21-/m1/s1. The fourth-order valence-corrected chi connectivity index (χ4v) is 3.32. The number of hydrogen-bond acceptors (Lipinski definition) is 4. The van der Waals surface area contributed by atoms with Gasteiger partial charge in [0.15, 0.2) is 0 Å². The lowest BCUT2D eigenvalue weighted by Gasteiger charge is -2.20. The first kappa shape index (κ1) is 21.6. The number of nitrogens with zero attached hydrogens (tertiary/aromatic N) is 2. The van der Waals surface area contributed by atoms with Crippen molar-refractivity contribution in [2.75, 3.05) is 0 Å². The molecule has 0 radical (unpaired) electrons. The molecule has 0 unspecified atom stereocenters. The molecule has 0 spiro atoms. The van der Waals surface area contributed by atoms with Crippen molar-refractivity contribution in [2.45, 2.75) is 39.0 Å². The van der Waals surface area contributed by atoms with Crippen LogP contribution in [0.5, 0.6) is 0 Å². The molecule has 1 N–H and O–H groups in total. The van der Waals surface area contributed by atoms with Crippen molar-refractivity contribution in [1.82, 2.24) is 15.1 Å². The lowest BCUT2D eigenvalue weighted by atomic mass is 10.0. The van der Waals surface area contributed by atoms with E-state index >= 15 is 0 Å². The molecule has 30 heavy (non-hydrogen) atoms. The molecular weight excluding hydrogens is 402 g/mol. The van der Waals surface area contributed by atoms with Gasteiger partial charge in [0.1, 0.15) is 0 Å². The molecule has 1 amide bonds. The molecule has 0 aliphatic rings. The van der Waals surface area contributed by atoms with Gasteiger partial charge in [-0.1, -0.05) is 60.1 Å². The van der Waals surface area contributed by atoms with Crippen LogP contribution in [0.25, 0.3) is 0 Å². The van der Waals surface area contributed by atoms with Crippen molar-refractivity contribution in [3.05, 3.63) is 88.7 Å². The van der Waals surface area contributed by atoms with E-state index in [9.17, 15) is 9.59 Å². The number of benzene rings is 2. The summed E-state index contributed by atoms with van der Waals surface area (Å²) < 4.78 is 6.95. The van der Waals surface area contributed by atoms with Gasteiger partial charge in [-0.2, -0.15) is 5.10 Å². The highest BCUT2D eigenvalue weighted by Crippen LogP contribution is 2.26. The molecule has 0 bridgehead atoms. The number of ether oxygens (including phenoxy) is 1. The zero-order valence-corrected chi connectivity index (χ0v) is 17.7. The van der Waals surface area contributed by atoms with E-state index in [1.165, 1.54) is 6.20 Å². The highest BCUT2D eigenvalue weighted by atomic mass is 35.5. The topological polar surface area (TPSA) is 73.2 Å². The molecule has 1 atom stereocenters. The van der Waals surface area contributed by atoms with E-state index < -0.39 is 12.0 Å². The van der Waals surface area contributed by atoms with Crippen molar-refractivity contribution in [3.8, 4) is 0 Å². The summed E-state index contributed by atoms with van der Waals surface area (Å²) >= 11 is 6.31. The maximum atomic E-state index is 12.8. The zero-order valence-electron chi connectivity index (χ0n) is 16.9. The highest BCUT2D eigenvalue weighted by molar-refractivity contribution is 6.31. The van der Waals surface area contributed by atoms with Gasteiger partial charge < -0.3 is 10.1 Å². The Hall–Kier alpha value is -3.12. The minimum Gasteiger partial charge on any atom is -0.463 e. The smallest absolute Gasteiger partial charge is 0.308 e. The average Bonchev–Trinajstić information content (AvgIpc) is 3.16. The molecule has 2 aromatic carbocycles. The van der Waals surface area contributed by atoms with Crippen LogP contribution in [0.3, 0.4) is 0 Å². The molecule has 0 aliphatic carbocycles. The summed E-state index contributed by atoms with van der Waals surface area (Å²) in [7, 11) is 0. The van der Waals surface area contributed by atoms with E-state index in [1.54, 1.807) is 42.9 Å². The van der Waals surface area contributed by atoms with Gasteiger partial charge in [-0.25, -0.2) is 0 Å². The van der Waals surface area contributed by atoms with E-state index in [0.29, 0.717) is 22.7 Å². The third-order valence-corrected chi connectivity index (χ3v) is 4.75. The summed E-state index contributed by atoms with van der Waals surface area (Å²) in [6, 6.07) is 16.4. The molecule has 0 saturated heterocycles. The number of aromatic nitrogens is 2. The summed E-state index contributed by atoms with van der Waals surface area (Å²) in [5.74, 6) is -0.744. The number of carbonyl (C=O) groups excluding carboxylic acids is 2. The average molecular weight is 426 g/mol. The molecule has 6 nitrogen and oxygen atoms in total. The summed E-state index contributed by atoms with van der Waals surface area (Å²) in [5.41, 5.74) is 2.14. The van der Waals surface area contributed by atoms with E-state index in [1.807, 2.05) is 36.4 Å². The first-order valence-corrected chi connectivity index (χ1v) is 10.1. The summed E-state index contributed by atoms with van der Waals surface area (Å²) in [5, 5.41) is 7.63. The Bertz CT molecular complexity index is 1000. The van der Waals surface area contributed by atoms with Crippen LogP contribution in [0.15, 0.2) is 67.0 Å². The van der Waals surface area contributed by atoms with E-state index in [2.05, 4.69) is 10.4 Å². The van der Waals surface area contributed by atoms with Gasteiger partial charge >= 0.3 is 5.97 Å². The quantitative estimate of drug-likeness (QED) is 0.543. The van der Waals surface area contributed by atoms with Gasteiger partial charge in [0.05, 0.1) is 36.9 Å². The minimum absolute atomic E-state index is 0.0220. The van der Waals surface area contributed by atoms with Crippen molar-refractivity contribution >= 4 is 23.5 Å². The van der Waals surface area contributed by atoms with Gasteiger partial charge in [0.2, 0.25) is 0 Å². The molecule has 0 saturated carbocycles. The fourth-order valence-electron chi connectivity index (χ4n) is 3.05. The third-order valence-electron chi connectivity index (χ3n) is 4.41. The molecule has 0 fully saturated rings. The molecule has 3 rings (SSSR count). The molecule has 1 heterocycles. The van der Waals surface area contributed by atoms with E-state index in [0.717, 1.165) is 5.56 Å². The van der Waals surface area contributed by atoms with Crippen molar-refractivity contribution < 1.29 is 14.3 Å². The molecule has 156 valence electrons. The van der Waals surface area contributed by atoms with Gasteiger partial charge in [-0.05, 0) is 31.0 Å². The van der Waals surface area contributed by atoms with Crippen LogP contribution in [-0.2, 0) is 16.1 Å². The Morgan fingerprint density at radius 1 is 1.10 bits per heavy atom. The Kier molecular flexibility index (Phi) is 7.25. The number of nitrogens with one attached hydrogen (secondary N) is 1. The van der Waals surface area contributed by atoms with Crippen LogP contribution in [-0.4, -0.2) is 27.8 Å². The normalized spacial score (nSPS) is 11.9. The van der Waals surface area contributed by atoms with E-state index in [4.69, 9.17) is 16.3 Å². The molecule has 1 aromatic heterocycles. The zero-order chi connectivity index (χ0) is 21.5.